The molecule has 0 rings (SSSR count). The minimum Gasteiger partial charge on any atom is -0.366 e. The summed E-state index contributed by atoms with van der Waals surface area (Å²) >= 11 is 0. The second kappa shape index (κ2) is 6.24. The molecule has 0 aliphatic heterocycles. The van der Waals surface area contributed by atoms with Crippen molar-refractivity contribution in [3.05, 3.63) is 0 Å². The van der Waals surface area contributed by atoms with E-state index in [-0.39, 0.29) is 6.10 Å². The van der Waals surface area contributed by atoms with Crippen molar-refractivity contribution in [2.75, 3.05) is 13.6 Å². The molecule has 0 saturated carbocycles. The summed E-state index contributed by atoms with van der Waals surface area (Å²) in [5.74, 6) is 0. The molecule has 0 amide bonds. The van der Waals surface area contributed by atoms with Crippen molar-refractivity contribution >= 4 is 0 Å². The Hall–Kier alpha value is -0.290. The minimum absolute atomic E-state index is 0.347. The molecule has 0 aromatic carbocycles. The van der Waals surface area contributed by atoms with Gasteiger partial charge in [-0.05, 0) is 40.3 Å². The minimum atomic E-state index is -4.25. The zero-order chi connectivity index (χ0) is 11.2. The van der Waals surface area contributed by atoms with Crippen LogP contribution in [0.2, 0.25) is 0 Å². The largest absolute Gasteiger partial charge is 0.414 e. The topological polar surface area (TPSA) is 21.3 Å². The number of halogens is 3. The monoisotopic (exact) mass is 213 g/mol. The molecule has 5 heteroatoms. The number of ether oxygens (including phenoxy) is 1. The second-order valence-electron chi connectivity index (χ2n) is 3.38. The molecule has 14 heavy (non-hydrogen) atoms. The van der Waals surface area contributed by atoms with Crippen molar-refractivity contribution < 1.29 is 17.9 Å². The third-order valence-corrected chi connectivity index (χ3v) is 1.93. The lowest BCUT2D eigenvalue weighted by Crippen LogP contribution is -2.32. The van der Waals surface area contributed by atoms with Crippen molar-refractivity contribution in [2.45, 2.75) is 45.1 Å². The molecule has 2 nitrogen and oxygen atoms in total. The van der Waals surface area contributed by atoms with Gasteiger partial charge in [-0.3, -0.25) is 0 Å². The van der Waals surface area contributed by atoms with Crippen LogP contribution in [0.15, 0.2) is 0 Å². The summed E-state index contributed by atoms with van der Waals surface area (Å²) in [6.07, 6.45) is -4.81. The Labute approximate surface area is 82.8 Å². The molecule has 0 bridgehead atoms. The molecule has 0 aromatic heterocycles. The van der Waals surface area contributed by atoms with Gasteiger partial charge in [0.1, 0.15) is 0 Å². The van der Waals surface area contributed by atoms with E-state index in [1.807, 2.05) is 7.05 Å². The average Bonchev–Trinajstić information content (AvgIpc) is 2.03. The van der Waals surface area contributed by atoms with Gasteiger partial charge in [0.15, 0.2) is 6.10 Å². The molecular weight excluding hydrogens is 195 g/mol. The Kier molecular flexibility index (Phi) is 6.11. The van der Waals surface area contributed by atoms with E-state index in [0.717, 1.165) is 19.9 Å². The summed E-state index contributed by atoms with van der Waals surface area (Å²) in [7, 11) is 1.81. The molecule has 0 heterocycles. The Bertz CT molecular complexity index is 149. The SMILES string of the molecule is CNCCCC(C)OC(C)C(F)(F)F. The number of rotatable bonds is 6. The highest BCUT2D eigenvalue weighted by molar-refractivity contribution is 4.63. The molecule has 0 aliphatic rings. The molecule has 1 N–H and O–H groups in total. The number of hydrogen-bond acceptors (Lipinski definition) is 2. The highest BCUT2D eigenvalue weighted by Crippen LogP contribution is 2.23. The quantitative estimate of drug-likeness (QED) is 0.684. The lowest BCUT2D eigenvalue weighted by atomic mass is 10.2. The molecular formula is C9H18F3NO. The van der Waals surface area contributed by atoms with Gasteiger partial charge in [0.2, 0.25) is 0 Å². The van der Waals surface area contributed by atoms with Crippen LogP contribution < -0.4 is 5.32 Å². The fourth-order valence-corrected chi connectivity index (χ4v) is 1.06. The van der Waals surface area contributed by atoms with Crippen molar-refractivity contribution in [1.29, 1.82) is 0 Å². The van der Waals surface area contributed by atoms with E-state index in [0.29, 0.717) is 6.42 Å². The van der Waals surface area contributed by atoms with Crippen LogP contribution in [-0.2, 0) is 4.74 Å². The van der Waals surface area contributed by atoms with E-state index in [1.165, 1.54) is 0 Å². The van der Waals surface area contributed by atoms with Gasteiger partial charge in [-0.2, -0.15) is 13.2 Å². The number of hydrogen-bond donors (Lipinski definition) is 1. The first-order chi connectivity index (χ1) is 6.38. The maximum atomic E-state index is 12.1. The predicted octanol–water partition coefficient (Wildman–Crippen LogP) is 2.34. The van der Waals surface area contributed by atoms with Crippen LogP contribution in [0.5, 0.6) is 0 Å². The molecule has 2 atom stereocenters. The molecule has 0 fully saturated rings. The molecule has 2 unspecified atom stereocenters. The summed E-state index contributed by atoms with van der Waals surface area (Å²) in [4.78, 5) is 0. The van der Waals surface area contributed by atoms with Crippen LogP contribution >= 0.6 is 0 Å². The highest BCUT2D eigenvalue weighted by atomic mass is 19.4. The zero-order valence-electron chi connectivity index (χ0n) is 8.82. The van der Waals surface area contributed by atoms with Gasteiger partial charge in [-0.15, -0.1) is 0 Å². The molecule has 0 aromatic rings. The second-order valence-corrected chi connectivity index (χ2v) is 3.38. The van der Waals surface area contributed by atoms with Crippen molar-refractivity contribution in [1.82, 2.24) is 5.32 Å². The van der Waals surface area contributed by atoms with Gasteiger partial charge in [-0.1, -0.05) is 0 Å². The summed E-state index contributed by atoms with van der Waals surface area (Å²) in [5.41, 5.74) is 0. The first-order valence-electron chi connectivity index (χ1n) is 4.74. The van der Waals surface area contributed by atoms with E-state index in [9.17, 15) is 13.2 Å². The predicted molar refractivity (Wildman–Crippen MR) is 49.2 cm³/mol. The van der Waals surface area contributed by atoms with E-state index < -0.39 is 12.3 Å². The van der Waals surface area contributed by atoms with Gasteiger partial charge in [0.25, 0.3) is 0 Å². The van der Waals surface area contributed by atoms with Crippen LogP contribution in [0.3, 0.4) is 0 Å². The summed E-state index contributed by atoms with van der Waals surface area (Å²) in [6.45, 7) is 3.50. The first kappa shape index (κ1) is 13.7. The van der Waals surface area contributed by atoms with Crippen LogP contribution in [0.1, 0.15) is 26.7 Å². The van der Waals surface area contributed by atoms with E-state index >= 15 is 0 Å². The summed E-state index contributed by atoms with van der Waals surface area (Å²) in [5, 5.41) is 2.93. The van der Waals surface area contributed by atoms with Crippen LogP contribution in [0.4, 0.5) is 13.2 Å². The maximum absolute atomic E-state index is 12.1. The number of nitrogens with one attached hydrogen (secondary N) is 1. The molecule has 0 aliphatic carbocycles. The Morgan fingerprint density at radius 3 is 2.29 bits per heavy atom. The van der Waals surface area contributed by atoms with Gasteiger partial charge < -0.3 is 10.1 Å². The Balaban J connectivity index is 3.66. The van der Waals surface area contributed by atoms with Gasteiger partial charge in [0.05, 0.1) is 6.10 Å². The lowest BCUT2D eigenvalue weighted by molar-refractivity contribution is -0.225. The van der Waals surface area contributed by atoms with Crippen molar-refractivity contribution in [2.24, 2.45) is 0 Å². The lowest BCUT2D eigenvalue weighted by Gasteiger charge is -2.21. The van der Waals surface area contributed by atoms with E-state index in [4.69, 9.17) is 4.74 Å². The molecule has 86 valence electrons. The Morgan fingerprint density at radius 1 is 1.29 bits per heavy atom. The fraction of sp³-hybridized carbons (Fsp3) is 1.00. The smallest absolute Gasteiger partial charge is 0.366 e. The maximum Gasteiger partial charge on any atom is 0.414 e. The van der Waals surface area contributed by atoms with Gasteiger partial charge in [0, 0.05) is 0 Å². The van der Waals surface area contributed by atoms with Crippen LogP contribution in [-0.4, -0.2) is 32.0 Å². The van der Waals surface area contributed by atoms with Crippen molar-refractivity contribution in [3.8, 4) is 0 Å². The molecule has 0 saturated heterocycles. The normalized spacial score (nSPS) is 16.7. The van der Waals surface area contributed by atoms with Gasteiger partial charge >= 0.3 is 6.18 Å². The van der Waals surface area contributed by atoms with Crippen molar-refractivity contribution in [3.63, 3.8) is 0 Å². The summed E-state index contributed by atoms with van der Waals surface area (Å²) in [6, 6.07) is 0. The highest BCUT2D eigenvalue weighted by Gasteiger charge is 2.37. The molecule has 0 spiro atoms. The standard InChI is InChI=1S/C9H18F3NO/c1-7(5-4-6-13-3)14-8(2)9(10,11)12/h7-8,13H,4-6H2,1-3H3. The summed E-state index contributed by atoms with van der Waals surface area (Å²) < 4.78 is 41.0. The number of alkyl halides is 3. The Morgan fingerprint density at radius 2 is 1.86 bits per heavy atom. The third-order valence-electron chi connectivity index (χ3n) is 1.93. The van der Waals surface area contributed by atoms with Crippen LogP contribution in [0.25, 0.3) is 0 Å². The average molecular weight is 213 g/mol. The zero-order valence-corrected chi connectivity index (χ0v) is 8.82. The molecule has 0 radical (unpaired) electrons. The fourth-order valence-electron chi connectivity index (χ4n) is 1.06. The van der Waals surface area contributed by atoms with E-state index in [1.54, 1.807) is 6.92 Å². The third kappa shape index (κ3) is 6.21. The first-order valence-corrected chi connectivity index (χ1v) is 4.74. The van der Waals surface area contributed by atoms with E-state index in [2.05, 4.69) is 5.32 Å². The van der Waals surface area contributed by atoms with Gasteiger partial charge in [-0.25, -0.2) is 0 Å². The van der Waals surface area contributed by atoms with Crippen LogP contribution in [0, 0.1) is 0 Å².